The average molecular weight is 400 g/mol. The van der Waals surface area contributed by atoms with Gasteiger partial charge in [0.15, 0.2) is 0 Å². The van der Waals surface area contributed by atoms with Crippen LogP contribution in [0.15, 0.2) is 29.1 Å². The normalized spacial score (nSPS) is 22.2. The summed E-state index contributed by atoms with van der Waals surface area (Å²) in [6, 6.07) is 6.71. The fourth-order valence-electron chi connectivity index (χ4n) is 4.08. The molecule has 0 saturated carbocycles. The molecule has 1 fully saturated rings. The minimum Gasteiger partial charge on any atom is -0.481 e. The number of aliphatic carboxylic acids is 1. The van der Waals surface area contributed by atoms with Crippen molar-refractivity contribution in [2.75, 3.05) is 13.1 Å². The van der Waals surface area contributed by atoms with Gasteiger partial charge in [-0.1, -0.05) is 25.5 Å². The number of H-pyrrole nitrogens is 1. The Morgan fingerprint density at radius 1 is 1.31 bits per heavy atom. The fraction of sp³-hybridized carbons (Fsp3) is 0.500. The Labute approximate surface area is 169 Å². The van der Waals surface area contributed by atoms with Crippen LogP contribution in [0, 0.1) is 18.3 Å². The monoisotopic (exact) mass is 400 g/mol. The number of hydrogen-bond donors (Lipinski definition) is 3. The average Bonchev–Trinajstić information content (AvgIpc) is 2.66. The molecule has 3 rings (SSSR count). The van der Waals surface area contributed by atoms with Crippen molar-refractivity contribution in [2.24, 2.45) is 11.3 Å². The summed E-state index contributed by atoms with van der Waals surface area (Å²) >= 11 is 0. The third-order valence-corrected chi connectivity index (χ3v) is 5.89. The fourth-order valence-corrected chi connectivity index (χ4v) is 4.08. The highest BCUT2D eigenvalue weighted by atomic mass is 16.4. The van der Waals surface area contributed by atoms with Crippen LogP contribution in [0.4, 0.5) is 0 Å². The molecule has 3 N–H and O–H groups in total. The SMILES string of the molecule is Cc1ccc2[nH]c(=O)cc(C(=O)N3CC[C@H](O)[C@](CCC(C)C)(C(=O)O)C3)c2c1. The van der Waals surface area contributed by atoms with Gasteiger partial charge >= 0.3 is 5.97 Å². The van der Waals surface area contributed by atoms with Crippen LogP contribution in [0.2, 0.25) is 0 Å². The second-order valence-electron chi connectivity index (χ2n) is 8.52. The molecule has 1 aliphatic rings. The number of nitrogens with one attached hydrogen (secondary N) is 1. The Morgan fingerprint density at radius 3 is 2.69 bits per heavy atom. The Hall–Kier alpha value is -2.67. The molecule has 2 aromatic rings. The number of amides is 1. The summed E-state index contributed by atoms with van der Waals surface area (Å²) < 4.78 is 0. The van der Waals surface area contributed by atoms with E-state index in [2.05, 4.69) is 4.98 Å². The van der Waals surface area contributed by atoms with Crippen LogP contribution < -0.4 is 5.56 Å². The van der Waals surface area contributed by atoms with Crippen molar-refractivity contribution in [3.8, 4) is 0 Å². The number of aromatic nitrogens is 1. The molecule has 1 aromatic heterocycles. The molecule has 0 unspecified atom stereocenters. The highest BCUT2D eigenvalue weighted by molar-refractivity contribution is 6.06. The maximum Gasteiger partial charge on any atom is 0.314 e. The van der Waals surface area contributed by atoms with Crippen molar-refractivity contribution in [3.63, 3.8) is 0 Å². The third-order valence-electron chi connectivity index (χ3n) is 5.89. The number of fused-ring (bicyclic) bond motifs is 1. The number of carbonyl (C=O) groups excluding carboxylic acids is 1. The topological polar surface area (TPSA) is 111 Å². The molecule has 0 bridgehead atoms. The van der Waals surface area contributed by atoms with Crippen molar-refractivity contribution in [1.82, 2.24) is 9.88 Å². The smallest absolute Gasteiger partial charge is 0.314 e. The van der Waals surface area contributed by atoms with Crippen LogP contribution in [-0.4, -0.2) is 51.2 Å². The number of carboxylic acid groups (broad SMARTS) is 1. The first-order valence-corrected chi connectivity index (χ1v) is 9.98. The third kappa shape index (κ3) is 4.05. The lowest BCUT2D eigenvalue weighted by Gasteiger charge is -2.43. The predicted octanol–water partition coefficient (Wildman–Crippen LogP) is 2.55. The first-order valence-electron chi connectivity index (χ1n) is 9.98. The van der Waals surface area contributed by atoms with Crippen LogP contribution in [0.25, 0.3) is 10.9 Å². The van der Waals surface area contributed by atoms with E-state index in [4.69, 9.17) is 0 Å². The zero-order valence-corrected chi connectivity index (χ0v) is 17.1. The van der Waals surface area contributed by atoms with Crippen LogP contribution in [0.5, 0.6) is 0 Å². The molecular formula is C22H28N2O5. The summed E-state index contributed by atoms with van der Waals surface area (Å²) in [6.45, 7) is 6.07. The number of carbonyl (C=O) groups is 2. The molecule has 2 heterocycles. The highest BCUT2D eigenvalue weighted by Crippen LogP contribution is 2.37. The number of likely N-dealkylation sites (tertiary alicyclic amines) is 1. The number of piperidine rings is 1. The van der Waals surface area contributed by atoms with Crippen molar-refractivity contribution in [3.05, 3.63) is 45.7 Å². The number of benzene rings is 1. The lowest BCUT2D eigenvalue weighted by Crippen LogP contribution is -2.57. The van der Waals surface area contributed by atoms with E-state index in [0.29, 0.717) is 23.7 Å². The first-order chi connectivity index (χ1) is 13.6. The Bertz CT molecular complexity index is 996. The molecule has 1 aromatic carbocycles. The number of carboxylic acids is 1. The summed E-state index contributed by atoms with van der Waals surface area (Å²) in [5.74, 6) is -1.19. The number of pyridine rings is 1. The van der Waals surface area contributed by atoms with E-state index in [0.717, 1.165) is 5.56 Å². The minimum atomic E-state index is -1.40. The molecule has 2 atom stereocenters. The molecular weight excluding hydrogens is 372 g/mol. The van der Waals surface area contributed by atoms with Gasteiger partial charge in [-0.25, -0.2) is 0 Å². The van der Waals surface area contributed by atoms with E-state index >= 15 is 0 Å². The van der Waals surface area contributed by atoms with Crippen molar-refractivity contribution in [1.29, 1.82) is 0 Å². The van der Waals surface area contributed by atoms with Crippen LogP contribution in [0.3, 0.4) is 0 Å². The zero-order valence-electron chi connectivity index (χ0n) is 17.1. The van der Waals surface area contributed by atoms with Gasteiger partial charge < -0.3 is 20.1 Å². The zero-order chi connectivity index (χ0) is 21.3. The lowest BCUT2D eigenvalue weighted by molar-refractivity contribution is -0.163. The van der Waals surface area contributed by atoms with E-state index in [1.165, 1.54) is 11.0 Å². The number of aliphatic hydroxyl groups excluding tert-OH is 1. The van der Waals surface area contributed by atoms with E-state index in [1.807, 2.05) is 32.9 Å². The maximum absolute atomic E-state index is 13.3. The molecule has 1 saturated heterocycles. The summed E-state index contributed by atoms with van der Waals surface area (Å²) in [5.41, 5.74) is -0.0132. The summed E-state index contributed by atoms with van der Waals surface area (Å²) in [4.78, 5) is 41.8. The van der Waals surface area contributed by atoms with Crippen LogP contribution >= 0.6 is 0 Å². The van der Waals surface area contributed by atoms with Gasteiger partial charge in [0, 0.05) is 30.1 Å². The molecule has 29 heavy (non-hydrogen) atoms. The van der Waals surface area contributed by atoms with Crippen molar-refractivity contribution < 1.29 is 19.8 Å². The number of rotatable bonds is 5. The molecule has 0 aliphatic carbocycles. The molecule has 0 spiro atoms. The van der Waals surface area contributed by atoms with Crippen LogP contribution in [-0.2, 0) is 4.79 Å². The number of aromatic amines is 1. The molecule has 7 nitrogen and oxygen atoms in total. The molecule has 1 amide bonds. The second-order valence-corrected chi connectivity index (χ2v) is 8.52. The molecule has 156 valence electrons. The van der Waals surface area contributed by atoms with Gasteiger partial charge in [0.1, 0.15) is 5.41 Å². The van der Waals surface area contributed by atoms with Gasteiger partial charge in [-0.15, -0.1) is 0 Å². The van der Waals surface area contributed by atoms with E-state index in [1.54, 1.807) is 6.07 Å². The van der Waals surface area contributed by atoms with E-state index in [9.17, 15) is 24.6 Å². The highest BCUT2D eigenvalue weighted by Gasteiger charge is 2.50. The number of nitrogens with zero attached hydrogens (tertiary/aromatic N) is 1. The van der Waals surface area contributed by atoms with Gasteiger partial charge in [-0.2, -0.15) is 0 Å². The summed E-state index contributed by atoms with van der Waals surface area (Å²) in [5, 5.41) is 21.1. The minimum absolute atomic E-state index is 0.0742. The predicted molar refractivity (Wildman–Crippen MR) is 110 cm³/mol. The van der Waals surface area contributed by atoms with Gasteiger partial charge in [0.25, 0.3) is 5.91 Å². The standard InChI is InChI=1S/C22H28N2O5/c1-13(2)6-8-22(21(28)29)12-24(9-7-18(22)25)20(27)16-11-19(26)23-17-5-4-14(3)10-15(16)17/h4-5,10-11,13,18,25H,6-9,12H2,1-3H3,(H,23,26)(H,28,29)/t18-,22+/m0/s1. The van der Waals surface area contributed by atoms with Gasteiger partial charge in [-0.3, -0.25) is 14.4 Å². The summed E-state index contributed by atoms with van der Waals surface area (Å²) in [7, 11) is 0. The number of aryl methyl sites for hydroxylation is 1. The van der Waals surface area contributed by atoms with Gasteiger partial charge in [0.2, 0.25) is 5.56 Å². The maximum atomic E-state index is 13.3. The summed E-state index contributed by atoms with van der Waals surface area (Å²) in [6.07, 6.45) is 0.107. The van der Waals surface area contributed by atoms with Gasteiger partial charge in [0.05, 0.1) is 11.7 Å². The first kappa shape index (κ1) is 21.0. The Morgan fingerprint density at radius 2 is 2.03 bits per heavy atom. The van der Waals surface area contributed by atoms with Crippen molar-refractivity contribution >= 4 is 22.8 Å². The Balaban J connectivity index is 1.99. The largest absolute Gasteiger partial charge is 0.481 e. The number of aliphatic hydroxyl groups is 1. The van der Waals surface area contributed by atoms with Gasteiger partial charge in [-0.05, 0) is 44.2 Å². The number of hydrogen-bond acceptors (Lipinski definition) is 4. The molecule has 0 radical (unpaired) electrons. The van der Waals surface area contributed by atoms with E-state index in [-0.39, 0.29) is 42.5 Å². The van der Waals surface area contributed by atoms with E-state index < -0.39 is 17.5 Å². The molecule has 7 heteroatoms. The second kappa shape index (κ2) is 7.99. The van der Waals surface area contributed by atoms with Crippen LogP contribution in [0.1, 0.15) is 49.0 Å². The quantitative estimate of drug-likeness (QED) is 0.714. The lowest BCUT2D eigenvalue weighted by atomic mass is 9.72. The Kier molecular flexibility index (Phi) is 5.80. The van der Waals surface area contributed by atoms with Crippen molar-refractivity contribution in [2.45, 2.75) is 46.1 Å². The molecule has 1 aliphatic heterocycles.